The molecule has 0 amide bonds. The summed E-state index contributed by atoms with van der Waals surface area (Å²) in [4.78, 5) is 0. The van der Waals surface area contributed by atoms with E-state index in [4.69, 9.17) is 0 Å². The van der Waals surface area contributed by atoms with E-state index in [1.807, 2.05) is 24.3 Å². The molecular formula is C25H21F7. The minimum Gasteiger partial charge on any atom is -0.194 e. The van der Waals surface area contributed by atoms with E-state index in [2.05, 4.69) is 30.6 Å². The fourth-order valence-corrected chi connectivity index (χ4v) is 2.84. The van der Waals surface area contributed by atoms with Crippen LogP contribution in [0.1, 0.15) is 54.9 Å². The molecule has 2 aromatic carbocycles. The van der Waals surface area contributed by atoms with Crippen molar-refractivity contribution in [2.24, 2.45) is 0 Å². The van der Waals surface area contributed by atoms with Gasteiger partial charge in [-0.1, -0.05) is 62.3 Å². The molecule has 0 unspecified atom stereocenters. The number of alkyl halides is 7. The van der Waals surface area contributed by atoms with Crippen LogP contribution in [0.5, 0.6) is 0 Å². The van der Waals surface area contributed by atoms with Gasteiger partial charge in [-0.25, -0.2) is 0 Å². The summed E-state index contributed by atoms with van der Waals surface area (Å²) in [7, 11) is 0. The normalized spacial score (nSPS) is 11.9. The fourth-order valence-electron chi connectivity index (χ4n) is 2.84. The summed E-state index contributed by atoms with van der Waals surface area (Å²) in [5, 5.41) is 0. The highest BCUT2D eigenvalue weighted by molar-refractivity contribution is 5.45. The van der Waals surface area contributed by atoms with Crippen LogP contribution in [0.3, 0.4) is 0 Å². The van der Waals surface area contributed by atoms with E-state index in [-0.39, 0.29) is 5.56 Å². The first-order chi connectivity index (χ1) is 15.0. The molecule has 0 saturated heterocycles. The van der Waals surface area contributed by atoms with Gasteiger partial charge in [0, 0.05) is 16.7 Å². The lowest BCUT2D eigenvalue weighted by Gasteiger charge is -2.28. The van der Waals surface area contributed by atoms with E-state index in [1.54, 1.807) is 0 Å². The van der Waals surface area contributed by atoms with E-state index in [1.165, 1.54) is 24.8 Å². The van der Waals surface area contributed by atoms with Gasteiger partial charge in [0.2, 0.25) is 0 Å². The van der Waals surface area contributed by atoms with E-state index in [0.29, 0.717) is 12.1 Å². The average molecular weight is 454 g/mol. The molecule has 0 saturated carbocycles. The first-order valence-corrected chi connectivity index (χ1v) is 10.0. The minimum atomic E-state index is -6.38. The monoisotopic (exact) mass is 454 g/mol. The molecule has 0 spiro atoms. The van der Waals surface area contributed by atoms with Crippen molar-refractivity contribution in [2.75, 3.05) is 0 Å². The van der Waals surface area contributed by atoms with Crippen LogP contribution < -0.4 is 0 Å². The number of hydrogen-bond acceptors (Lipinski definition) is 0. The maximum absolute atomic E-state index is 13.7. The highest BCUT2D eigenvalue weighted by Gasteiger charge is 2.73. The van der Waals surface area contributed by atoms with Gasteiger partial charge < -0.3 is 0 Å². The van der Waals surface area contributed by atoms with Crippen LogP contribution in [0.2, 0.25) is 0 Å². The van der Waals surface area contributed by atoms with E-state index in [9.17, 15) is 30.7 Å². The standard InChI is InChI=1S/C25H21F7/c1-2-3-4-5-8-19-11-13-20(14-12-19)9-6-7-10-21-15-17-22(18-16-21)23(26,27)24(28,29)25(30,31)32/h11-18H,2-5,8H2,1H3. The molecule has 0 fully saturated rings. The van der Waals surface area contributed by atoms with Crippen molar-refractivity contribution < 1.29 is 30.7 Å². The van der Waals surface area contributed by atoms with Crippen LogP contribution in [0.15, 0.2) is 48.5 Å². The van der Waals surface area contributed by atoms with Crippen molar-refractivity contribution in [3.05, 3.63) is 70.8 Å². The first kappa shape index (κ1) is 25.3. The van der Waals surface area contributed by atoms with Gasteiger partial charge in [-0.2, -0.15) is 30.7 Å². The Morgan fingerprint density at radius 2 is 1.16 bits per heavy atom. The van der Waals surface area contributed by atoms with Gasteiger partial charge in [0.1, 0.15) is 0 Å². The molecule has 0 nitrogen and oxygen atoms in total. The Labute approximate surface area is 182 Å². The molecule has 0 atom stereocenters. The van der Waals surface area contributed by atoms with Gasteiger partial charge in [-0.05, 0) is 54.5 Å². The lowest BCUT2D eigenvalue weighted by atomic mass is 10.0. The van der Waals surface area contributed by atoms with Crippen LogP contribution in [0, 0.1) is 23.7 Å². The van der Waals surface area contributed by atoms with Crippen molar-refractivity contribution in [2.45, 2.75) is 57.0 Å². The van der Waals surface area contributed by atoms with E-state index >= 15 is 0 Å². The molecule has 7 heteroatoms. The number of benzene rings is 2. The maximum atomic E-state index is 13.7. The highest BCUT2D eigenvalue weighted by atomic mass is 19.4. The molecule has 0 radical (unpaired) electrons. The third kappa shape index (κ3) is 6.29. The Hall–Kier alpha value is -2.93. The second-order valence-corrected chi connectivity index (χ2v) is 7.23. The van der Waals surface area contributed by atoms with Crippen LogP contribution in [0.4, 0.5) is 30.7 Å². The van der Waals surface area contributed by atoms with Crippen LogP contribution in [0.25, 0.3) is 0 Å². The number of hydrogen-bond donors (Lipinski definition) is 0. The average Bonchev–Trinajstić information content (AvgIpc) is 2.74. The SMILES string of the molecule is CCCCCCc1ccc(C#CC#Cc2ccc(C(F)(F)C(F)(F)C(F)(F)F)cc2)cc1. The largest absolute Gasteiger partial charge is 0.460 e. The summed E-state index contributed by atoms with van der Waals surface area (Å²) >= 11 is 0. The van der Waals surface area contributed by atoms with E-state index < -0.39 is 23.6 Å². The van der Waals surface area contributed by atoms with Gasteiger partial charge in [0.25, 0.3) is 0 Å². The van der Waals surface area contributed by atoms with Gasteiger partial charge in [-0.3, -0.25) is 0 Å². The molecule has 0 N–H and O–H groups in total. The zero-order valence-corrected chi connectivity index (χ0v) is 17.3. The summed E-state index contributed by atoms with van der Waals surface area (Å²) in [6.45, 7) is 2.16. The number of rotatable bonds is 7. The molecular weight excluding hydrogens is 433 g/mol. The number of halogens is 7. The molecule has 2 aromatic rings. The quantitative estimate of drug-likeness (QED) is 0.231. The zero-order valence-electron chi connectivity index (χ0n) is 17.3. The lowest BCUT2D eigenvalue weighted by molar-refractivity contribution is -0.359. The third-order valence-corrected chi connectivity index (χ3v) is 4.75. The Balaban J connectivity index is 2.02. The maximum Gasteiger partial charge on any atom is 0.460 e. The number of aryl methyl sites for hydroxylation is 1. The Bertz CT molecular complexity index is 993. The predicted molar refractivity (Wildman–Crippen MR) is 109 cm³/mol. The Kier molecular flexibility index (Phi) is 8.38. The van der Waals surface area contributed by atoms with Crippen LogP contribution >= 0.6 is 0 Å². The molecule has 0 heterocycles. The van der Waals surface area contributed by atoms with Crippen molar-refractivity contribution in [3.63, 3.8) is 0 Å². The summed E-state index contributed by atoms with van der Waals surface area (Å²) in [5.41, 5.74) is 0.648. The van der Waals surface area contributed by atoms with E-state index in [0.717, 1.165) is 30.5 Å². The molecule has 0 aliphatic rings. The zero-order chi connectivity index (χ0) is 23.8. The summed E-state index contributed by atoms with van der Waals surface area (Å²) in [5.74, 6) is -1.15. The second kappa shape index (κ2) is 10.6. The number of unbranched alkanes of at least 4 members (excludes halogenated alkanes) is 3. The Morgan fingerprint density at radius 3 is 1.62 bits per heavy atom. The predicted octanol–water partition coefficient (Wildman–Crippen LogP) is 7.50. The molecule has 0 aliphatic carbocycles. The van der Waals surface area contributed by atoms with Gasteiger partial charge in [-0.15, -0.1) is 0 Å². The van der Waals surface area contributed by atoms with Crippen molar-refractivity contribution >= 4 is 0 Å². The smallest absolute Gasteiger partial charge is 0.194 e. The van der Waals surface area contributed by atoms with Crippen LogP contribution in [-0.2, 0) is 12.3 Å². The summed E-state index contributed by atoms with van der Waals surface area (Å²) in [6.07, 6.45) is -0.664. The fraction of sp³-hybridized carbons (Fsp3) is 0.360. The van der Waals surface area contributed by atoms with Gasteiger partial charge in [0.05, 0.1) is 0 Å². The van der Waals surface area contributed by atoms with Crippen molar-refractivity contribution in [1.82, 2.24) is 0 Å². The lowest BCUT2D eigenvalue weighted by Crippen LogP contribution is -2.50. The van der Waals surface area contributed by atoms with Gasteiger partial charge >= 0.3 is 18.0 Å². The third-order valence-electron chi connectivity index (χ3n) is 4.75. The molecule has 32 heavy (non-hydrogen) atoms. The second-order valence-electron chi connectivity index (χ2n) is 7.23. The highest BCUT2D eigenvalue weighted by Crippen LogP contribution is 2.51. The molecule has 170 valence electrons. The topological polar surface area (TPSA) is 0 Å². The molecule has 0 aliphatic heterocycles. The first-order valence-electron chi connectivity index (χ1n) is 10.0. The van der Waals surface area contributed by atoms with Gasteiger partial charge in [0.15, 0.2) is 0 Å². The summed E-state index contributed by atoms with van der Waals surface area (Å²) < 4.78 is 90.4. The summed E-state index contributed by atoms with van der Waals surface area (Å²) in [6, 6.07) is 10.6. The molecule has 0 aromatic heterocycles. The Morgan fingerprint density at radius 1 is 0.656 bits per heavy atom. The van der Waals surface area contributed by atoms with Crippen molar-refractivity contribution in [3.8, 4) is 23.7 Å². The molecule has 2 rings (SSSR count). The van der Waals surface area contributed by atoms with Crippen LogP contribution in [-0.4, -0.2) is 12.1 Å². The minimum absolute atomic E-state index is 0.150. The molecule has 0 bridgehead atoms. The van der Waals surface area contributed by atoms with Crippen molar-refractivity contribution in [1.29, 1.82) is 0 Å².